The molecule has 0 aliphatic carbocycles. The normalized spacial score (nSPS) is 9.88. The minimum Gasteiger partial charge on any atom is -0.258 e. The Morgan fingerprint density at radius 3 is 1.31 bits per heavy atom. The zero-order valence-corrected chi connectivity index (χ0v) is 9.62. The van der Waals surface area contributed by atoms with Crippen molar-refractivity contribution in [2.45, 2.75) is 55.4 Å². The van der Waals surface area contributed by atoms with Crippen molar-refractivity contribution in [3.8, 4) is 0 Å². The van der Waals surface area contributed by atoms with E-state index in [1.165, 1.54) is 0 Å². The van der Waals surface area contributed by atoms with E-state index in [-0.39, 0.29) is 14.9 Å². The van der Waals surface area contributed by atoms with Crippen LogP contribution in [-0.2, 0) is 12.8 Å². The molecule has 16 heavy (non-hydrogen) atoms. The lowest BCUT2D eigenvalue weighted by Gasteiger charge is -2.06. The topological polar surface area (TPSA) is 25.8 Å². The summed E-state index contributed by atoms with van der Waals surface area (Å²) in [6.45, 7) is 8.79. The molecule has 1 heterocycles. The van der Waals surface area contributed by atoms with Gasteiger partial charge in [0, 0.05) is 12.4 Å². The van der Waals surface area contributed by atoms with E-state index in [2.05, 4.69) is 37.7 Å². The van der Waals surface area contributed by atoms with Crippen molar-refractivity contribution in [2.75, 3.05) is 0 Å². The molecule has 2 heteroatoms. The summed E-state index contributed by atoms with van der Waals surface area (Å²) < 4.78 is 0. The molecule has 0 atom stereocenters. The summed E-state index contributed by atoms with van der Waals surface area (Å²) in [5.74, 6) is 1.31. The van der Waals surface area contributed by atoms with Crippen molar-refractivity contribution in [1.29, 1.82) is 0 Å². The molecule has 0 unspecified atom stereocenters. The Bertz CT molecular complexity index is 234. The second-order valence-corrected chi connectivity index (χ2v) is 4.70. The van der Waals surface area contributed by atoms with Crippen molar-refractivity contribution in [2.24, 2.45) is 11.8 Å². The molecule has 1 aromatic heterocycles. The summed E-state index contributed by atoms with van der Waals surface area (Å²) in [4.78, 5) is 8.82. The van der Waals surface area contributed by atoms with Gasteiger partial charge in [0.15, 0.2) is 0 Å². The van der Waals surface area contributed by atoms with Crippen LogP contribution < -0.4 is 0 Å². The molecule has 0 radical (unpaired) electrons. The maximum Gasteiger partial charge on any atom is 0.0589 e. The van der Waals surface area contributed by atoms with Crippen LogP contribution in [0.1, 0.15) is 53.9 Å². The van der Waals surface area contributed by atoms with Gasteiger partial charge in [-0.3, -0.25) is 9.97 Å². The van der Waals surface area contributed by atoms with Crippen LogP contribution in [0.25, 0.3) is 0 Å². The van der Waals surface area contributed by atoms with E-state index in [0.29, 0.717) is 11.8 Å². The Morgan fingerprint density at radius 1 is 0.812 bits per heavy atom. The van der Waals surface area contributed by atoms with Crippen molar-refractivity contribution in [3.63, 3.8) is 0 Å². The fourth-order valence-electron chi connectivity index (χ4n) is 1.43. The highest BCUT2D eigenvalue weighted by Gasteiger charge is 2.02. The largest absolute Gasteiger partial charge is 0.258 e. The number of rotatable bonds is 4. The van der Waals surface area contributed by atoms with E-state index < -0.39 is 0 Å². The van der Waals surface area contributed by atoms with Gasteiger partial charge in [-0.05, 0) is 24.7 Å². The van der Waals surface area contributed by atoms with Gasteiger partial charge in [-0.25, -0.2) is 0 Å². The molecule has 0 saturated carbocycles. The summed E-state index contributed by atoms with van der Waals surface area (Å²) in [5.41, 5.74) is 2.21. The Balaban J connectivity index is 0. The van der Waals surface area contributed by atoms with Crippen LogP contribution in [0.2, 0.25) is 0 Å². The highest BCUT2D eigenvalue weighted by molar-refractivity contribution is 5.03. The molecular weight excluding hydrogens is 196 g/mol. The van der Waals surface area contributed by atoms with Crippen molar-refractivity contribution >= 4 is 0 Å². The molecule has 1 aromatic rings. The molecule has 0 amide bonds. The van der Waals surface area contributed by atoms with E-state index in [9.17, 15) is 0 Å². The zero-order valence-electron chi connectivity index (χ0n) is 9.62. The lowest BCUT2D eigenvalue weighted by atomic mass is 10.1. The highest BCUT2D eigenvalue weighted by Crippen LogP contribution is 2.07. The van der Waals surface area contributed by atoms with Crippen LogP contribution >= 0.6 is 0 Å². The Morgan fingerprint density at radius 2 is 1.12 bits per heavy atom. The van der Waals surface area contributed by atoms with Gasteiger partial charge in [-0.15, -0.1) is 0 Å². The van der Waals surface area contributed by atoms with Gasteiger partial charge < -0.3 is 0 Å². The smallest absolute Gasteiger partial charge is 0.0589 e. The van der Waals surface area contributed by atoms with Gasteiger partial charge >= 0.3 is 0 Å². The second-order valence-electron chi connectivity index (χ2n) is 4.70. The van der Waals surface area contributed by atoms with Gasteiger partial charge in [-0.2, -0.15) is 0 Å². The zero-order chi connectivity index (χ0) is 10.6. The molecule has 0 aromatic carbocycles. The van der Waals surface area contributed by atoms with E-state index in [1.54, 1.807) is 0 Å². The molecule has 94 valence electrons. The van der Waals surface area contributed by atoms with E-state index in [4.69, 9.17) is 0 Å². The van der Waals surface area contributed by atoms with E-state index >= 15 is 0 Å². The van der Waals surface area contributed by atoms with Crippen LogP contribution in [0.3, 0.4) is 0 Å². The maximum atomic E-state index is 4.41. The summed E-state index contributed by atoms with van der Waals surface area (Å²) in [6.07, 6.45) is 5.87. The summed E-state index contributed by atoms with van der Waals surface area (Å²) in [6, 6.07) is 0. The van der Waals surface area contributed by atoms with Gasteiger partial charge in [0.25, 0.3) is 0 Å². The predicted octanol–water partition coefficient (Wildman–Crippen LogP) is 4.15. The minimum absolute atomic E-state index is 0. The molecule has 0 spiro atoms. The first-order valence-corrected chi connectivity index (χ1v) is 5.37. The lowest BCUT2D eigenvalue weighted by molar-refractivity contribution is 0.617. The molecule has 0 N–H and O–H groups in total. The predicted molar refractivity (Wildman–Crippen MR) is 72.6 cm³/mol. The molecule has 0 fully saturated rings. The number of nitrogens with zero attached hydrogens (tertiary/aromatic N) is 2. The molecule has 0 aliphatic rings. The average molecular weight is 224 g/mol. The highest BCUT2D eigenvalue weighted by atomic mass is 14.8. The summed E-state index contributed by atoms with van der Waals surface area (Å²) in [7, 11) is 0. The summed E-state index contributed by atoms with van der Waals surface area (Å²) >= 11 is 0. The molecule has 0 saturated heterocycles. The van der Waals surface area contributed by atoms with E-state index in [1.807, 2.05) is 12.4 Å². The Hall–Kier alpha value is -0.920. The molecule has 1 rings (SSSR count). The number of hydrogen-bond donors (Lipinski definition) is 0. The standard InChI is InChI=1S/C12H20N2.2CH4/c1-9(2)5-11-7-14-12(8-13-11)6-10(3)4;;/h7-10H,5-6H2,1-4H3;2*1H4. The fourth-order valence-corrected chi connectivity index (χ4v) is 1.43. The maximum absolute atomic E-state index is 4.41. The average Bonchev–Trinajstić information content (AvgIpc) is 2.06. The van der Waals surface area contributed by atoms with Gasteiger partial charge in [0.1, 0.15) is 0 Å². The van der Waals surface area contributed by atoms with Crippen LogP contribution in [-0.4, -0.2) is 9.97 Å². The Kier molecular flexibility index (Phi) is 9.02. The van der Waals surface area contributed by atoms with Crippen LogP contribution in [0, 0.1) is 11.8 Å². The van der Waals surface area contributed by atoms with Crippen LogP contribution in [0.4, 0.5) is 0 Å². The third-order valence-electron chi connectivity index (χ3n) is 1.99. The first-order chi connectivity index (χ1) is 6.58. The quantitative estimate of drug-likeness (QED) is 0.768. The van der Waals surface area contributed by atoms with Crippen LogP contribution in [0.5, 0.6) is 0 Å². The first kappa shape index (κ1) is 17.5. The molecule has 0 bridgehead atoms. The SMILES string of the molecule is C.C.CC(C)Cc1cnc(CC(C)C)cn1. The monoisotopic (exact) mass is 224 g/mol. The number of aromatic nitrogens is 2. The first-order valence-electron chi connectivity index (χ1n) is 5.37. The third-order valence-corrected chi connectivity index (χ3v) is 1.99. The lowest BCUT2D eigenvalue weighted by Crippen LogP contribution is -2.02. The van der Waals surface area contributed by atoms with E-state index in [0.717, 1.165) is 24.2 Å². The minimum atomic E-state index is 0. The van der Waals surface area contributed by atoms with Gasteiger partial charge in [0.2, 0.25) is 0 Å². The van der Waals surface area contributed by atoms with Gasteiger partial charge in [-0.1, -0.05) is 42.5 Å². The van der Waals surface area contributed by atoms with Crippen molar-refractivity contribution in [1.82, 2.24) is 9.97 Å². The Labute approximate surface area is 102 Å². The number of hydrogen-bond acceptors (Lipinski definition) is 2. The fraction of sp³-hybridized carbons (Fsp3) is 0.714. The van der Waals surface area contributed by atoms with Gasteiger partial charge in [0.05, 0.1) is 11.4 Å². The second kappa shape index (κ2) is 8.26. The van der Waals surface area contributed by atoms with Crippen molar-refractivity contribution in [3.05, 3.63) is 23.8 Å². The third kappa shape index (κ3) is 6.54. The molecule has 0 aliphatic heterocycles. The van der Waals surface area contributed by atoms with Crippen molar-refractivity contribution < 1.29 is 0 Å². The molecule has 2 nitrogen and oxygen atoms in total. The molecular formula is C14H28N2. The summed E-state index contributed by atoms with van der Waals surface area (Å²) in [5, 5.41) is 0. The van der Waals surface area contributed by atoms with Crippen LogP contribution in [0.15, 0.2) is 12.4 Å².